The third-order valence-corrected chi connectivity index (χ3v) is 9.28. The molecule has 0 saturated heterocycles. The van der Waals surface area contributed by atoms with Gasteiger partial charge >= 0.3 is 0 Å². The zero-order chi connectivity index (χ0) is 28.4. The fraction of sp³-hybridized carbons (Fsp3) is 0.581. The number of unbranched alkanes of at least 4 members (excludes halogenated alkanes) is 3. The molecule has 1 saturated carbocycles. The van der Waals surface area contributed by atoms with E-state index in [1.165, 1.54) is 6.07 Å². The molecular formula is C31H40O7. The summed E-state index contributed by atoms with van der Waals surface area (Å²) in [5.74, 6) is -5.02. The molecule has 0 amide bonds. The van der Waals surface area contributed by atoms with Crippen LogP contribution in [0.4, 0.5) is 0 Å². The van der Waals surface area contributed by atoms with E-state index in [0.29, 0.717) is 6.42 Å². The van der Waals surface area contributed by atoms with Crippen molar-refractivity contribution in [2.45, 2.75) is 92.1 Å². The van der Waals surface area contributed by atoms with Gasteiger partial charge in [0.1, 0.15) is 22.8 Å². The molecule has 3 aliphatic rings. The lowest BCUT2D eigenvalue weighted by Crippen LogP contribution is -2.69. The smallest absolute Gasteiger partial charge is 0.203 e. The van der Waals surface area contributed by atoms with Crippen LogP contribution in [0.1, 0.15) is 90.3 Å². The number of aliphatic hydroxyl groups is 3. The van der Waals surface area contributed by atoms with Gasteiger partial charge in [-0.05, 0) is 55.7 Å². The SMILES string of the molecule is CCCCCCc1ccc(O)c2c1C[C@]1(C)C[C@]3(C)C(C(C)C)C(=O)C(C(C)=O)=C(O)[C@]3(O)C(=O)C1=C2O. The first-order chi connectivity index (χ1) is 17.7. The summed E-state index contributed by atoms with van der Waals surface area (Å²) in [6.45, 7) is 10.3. The van der Waals surface area contributed by atoms with Gasteiger partial charge in [-0.25, -0.2) is 0 Å². The van der Waals surface area contributed by atoms with E-state index in [-0.39, 0.29) is 29.2 Å². The normalized spacial score (nSPS) is 30.9. The van der Waals surface area contributed by atoms with Gasteiger partial charge in [0.05, 0.1) is 5.56 Å². The molecule has 0 radical (unpaired) electrons. The summed E-state index contributed by atoms with van der Waals surface area (Å²) in [4.78, 5) is 40.3. The van der Waals surface area contributed by atoms with Crippen LogP contribution in [0, 0.1) is 22.7 Å². The average Bonchev–Trinajstić information content (AvgIpc) is 2.79. The fourth-order valence-electron chi connectivity index (χ4n) is 7.76. The zero-order valence-corrected chi connectivity index (χ0v) is 23.3. The fourth-order valence-corrected chi connectivity index (χ4v) is 7.76. The number of carbonyl (C=O) groups excluding carboxylic acids is 3. The third kappa shape index (κ3) is 3.69. The summed E-state index contributed by atoms with van der Waals surface area (Å²) in [5.41, 5.74) is -3.72. The minimum atomic E-state index is -2.58. The van der Waals surface area contributed by atoms with Crippen LogP contribution in [0.15, 0.2) is 29.0 Å². The first-order valence-electron chi connectivity index (χ1n) is 13.7. The van der Waals surface area contributed by atoms with Gasteiger partial charge in [0.25, 0.3) is 0 Å². The maximum atomic E-state index is 14.3. The number of hydrogen-bond donors (Lipinski definition) is 4. The van der Waals surface area contributed by atoms with E-state index >= 15 is 0 Å². The Balaban J connectivity index is 1.97. The Labute approximate surface area is 224 Å². The van der Waals surface area contributed by atoms with Crippen LogP contribution in [0.25, 0.3) is 5.76 Å². The Bertz CT molecular complexity index is 1290. The highest BCUT2D eigenvalue weighted by Crippen LogP contribution is 2.65. The second kappa shape index (κ2) is 9.37. The molecule has 1 aromatic carbocycles. The van der Waals surface area contributed by atoms with Crippen LogP contribution in [0.5, 0.6) is 5.75 Å². The molecular weight excluding hydrogens is 484 g/mol. The molecule has 3 aliphatic carbocycles. The summed E-state index contributed by atoms with van der Waals surface area (Å²) >= 11 is 0. The van der Waals surface area contributed by atoms with E-state index in [1.807, 2.05) is 13.0 Å². The molecule has 7 heteroatoms. The Morgan fingerprint density at radius 3 is 2.32 bits per heavy atom. The molecule has 4 N–H and O–H groups in total. The first-order valence-corrected chi connectivity index (χ1v) is 13.7. The molecule has 0 spiro atoms. The number of ketones is 3. The molecule has 1 unspecified atom stereocenters. The van der Waals surface area contributed by atoms with Gasteiger partial charge in [-0.1, -0.05) is 59.9 Å². The summed E-state index contributed by atoms with van der Waals surface area (Å²) < 4.78 is 0. The van der Waals surface area contributed by atoms with Gasteiger partial charge in [-0.3, -0.25) is 14.4 Å². The molecule has 4 rings (SSSR count). The maximum absolute atomic E-state index is 14.3. The summed E-state index contributed by atoms with van der Waals surface area (Å²) in [5, 5.41) is 45.6. The molecule has 0 bridgehead atoms. The standard InChI is InChI=1S/C31H40O7/c1-7-8-9-10-11-18-12-13-20(33)22-19(18)14-29(5)15-30(6)23(16(2)3)25(34)21(17(4)32)27(36)31(30,38)28(37)24(29)26(22)35/h12-13,16,23,33,35-36,38H,7-11,14-15H2,1-6H3/t23?,29-,30-,31+/m1/s1. The monoisotopic (exact) mass is 524 g/mol. The van der Waals surface area contributed by atoms with Crippen LogP contribution in [0.2, 0.25) is 0 Å². The third-order valence-electron chi connectivity index (χ3n) is 9.28. The highest BCUT2D eigenvalue weighted by atomic mass is 16.3. The van der Waals surface area contributed by atoms with Gasteiger partial charge in [-0.2, -0.15) is 0 Å². The molecule has 0 aliphatic heterocycles. The zero-order valence-electron chi connectivity index (χ0n) is 23.3. The number of hydrogen-bond acceptors (Lipinski definition) is 7. The number of phenolic OH excluding ortho intramolecular Hbond substituents is 1. The minimum Gasteiger partial charge on any atom is -0.508 e. The first kappa shape index (κ1) is 28.1. The predicted octanol–water partition coefficient (Wildman–Crippen LogP) is 5.31. The molecule has 1 aromatic rings. The lowest BCUT2D eigenvalue weighted by atomic mass is 9.43. The quantitative estimate of drug-likeness (QED) is 0.281. The van der Waals surface area contributed by atoms with Gasteiger partial charge in [-0.15, -0.1) is 0 Å². The van der Waals surface area contributed by atoms with Crippen LogP contribution >= 0.6 is 0 Å². The van der Waals surface area contributed by atoms with Gasteiger partial charge in [0, 0.05) is 22.3 Å². The van der Waals surface area contributed by atoms with Crippen molar-refractivity contribution in [2.24, 2.45) is 22.7 Å². The number of allylic oxidation sites excluding steroid dienone is 1. The van der Waals surface area contributed by atoms with E-state index in [2.05, 4.69) is 6.92 Å². The Hall–Kier alpha value is -2.93. The highest BCUT2D eigenvalue weighted by molar-refractivity contribution is 6.24. The van der Waals surface area contributed by atoms with E-state index in [0.717, 1.165) is 50.2 Å². The van der Waals surface area contributed by atoms with Gasteiger partial charge in [0.15, 0.2) is 17.2 Å². The number of fused-ring (bicyclic) bond motifs is 3. The molecule has 0 aromatic heterocycles. The van der Waals surface area contributed by atoms with Crippen LogP contribution < -0.4 is 0 Å². The van der Waals surface area contributed by atoms with Crippen molar-refractivity contribution in [3.63, 3.8) is 0 Å². The maximum Gasteiger partial charge on any atom is 0.203 e. The Morgan fingerprint density at radius 2 is 1.74 bits per heavy atom. The van der Waals surface area contributed by atoms with Crippen LogP contribution in [-0.2, 0) is 27.2 Å². The van der Waals surface area contributed by atoms with E-state index in [9.17, 15) is 34.8 Å². The number of aliphatic hydroxyl groups excluding tert-OH is 2. The minimum absolute atomic E-state index is 0.0882. The molecule has 1 fully saturated rings. The van der Waals surface area contributed by atoms with Crippen molar-refractivity contribution >= 4 is 23.1 Å². The van der Waals surface area contributed by atoms with E-state index in [1.54, 1.807) is 20.8 Å². The van der Waals surface area contributed by atoms with Gasteiger partial charge < -0.3 is 20.4 Å². The van der Waals surface area contributed by atoms with Crippen molar-refractivity contribution in [3.8, 4) is 5.75 Å². The number of aryl methyl sites for hydroxylation is 1. The molecule has 0 heterocycles. The molecule has 7 nitrogen and oxygen atoms in total. The van der Waals surface area contributed by atoms with Crippen molar-refractivity contribution in [2.75, 3.05) is 0 Å². The summed E-state index contributed by atoms with van der Waals surface area (Å²) in [7, 11) is 0. The lowest BCUT2D eigenvalue weighted by Gasteiger charge is -2.59. The molecule has 4 atom stereocenters. The Morgan fingerprint density at radius 1 is 1.08 bits per heavy atom. The topological polar surface area (TPSA) is 132 Å². The van der Waals surface area contributed by atoms with Crippen LogP contribution in [0.3, 0.4) is 0 Å². The number of carbonyl (C=O) groups is 3. The van der Waals surface area contributed by atoms with E-state index in [4.69, 9.17) is 0 Å². The second-order valence-electron chi connectivity index (χ2n) is 12.4. The van der Waals surface area contributed by atoms with Crippen LogP contribution in [-0.4, -0.2) is 43.4 Å². The number of benzene rings is 1. The van der Waals surface area contributed by atoms with Crippen molar-refractivity contribution in [1.29, 1.82) is 0 Å². The number of phenols is 1. The lowest BCUT2D eigenvalue weighted by molar-refractivity contribution is -0.178. The van der Waals surface area contributed by atoms with Gasteiger partial charge in [0.2, 0.25) is 5.78 Å². The Kier molecular flexibility index (Phi) is 6.92. The largest absolute Gasteiger partial charge is 0.508 e. The second-order valence-corrected chi connectivity index (χ2v) is 12.4. The number of aromatic hydroxyl groups is 1. The highest BCUT2D eigenvalue weighted by Gasteiger charge is 2.72. The number of rotatable bonds is 7. The number of Topliss-reactive ketones (excluding diaryl/α,β-unsaturated/α-hetero) is 3. The summed E-state index contributed by atoms with van der Waals surface area (Å²) in [6, 6.07) is 3.37. The van der Waals surface area contributed by atoms with E-state index < -0.39 is 56.8 Å². The molecule has 206 valence electrons. The predicted molar refractivity (Wildman–Crippen MR) is 144 cm³/mol. The van der Waals surface area contributed by atoms with Crippen molar-refractivity contribution in [3.05, 3.63) is 45.7 Å². The summed E-state index contributed by atoms with van der Waals surface area (Å²) in [6.07, 6.45) is 5.41. The molecule has 38 heavy (non-hydrogen) atoms. The van der Waals surface area contributed by atoms with Crippen molar-refractivity contribution in [1.82, 2.24) is 0 Å². The van der Waals surface area contributed by atoms with Crippen molar-refractivity contribution < 1.29 is 34.8 Å². The average molecular weight is 525 g/mol.